The van der Waals surface area contributed by atoms with E-state index in [0.717, 1.165) is 31.6 Å². The van der Waals surface area contributed by atoms with E-state index in [9.17, 15) is 0 Å². The maximum absolute atomic E-state index is 5.46. The number of nitrogens with one attached hydrogen (secondary N) is 1. The summed E-state index contributed by atoms with van der Waals surface area (Å²) in [5.41, 5.74) is 4.75. The molecule has 0 amide bonds. The van der Waals surface area contributed by atoms with E-state index in [2.05, 4.69) is 32.7 Å². The van der Waals surface area contributed by atoms with Crippen LogP contribution in [0, 0.1) is 0 Å². The van der Waals surface area contributed by atoms with Crippen LogP contribution in [0.5, 0.6) is 6.08 Å². The summed E-state index contributed by atoms with van der Waals surface area (Å²) in [6, 6.07) is 8.10. The summed E-state index contributed by atoms with van der Waals surface area (Å²) in [4.78, 5) is 2.35. The largest absolute Gasteiger partial charge is 0.452 e. The minimum Gasteiger partial charge on any atom is -0.452 e. The highest BCUT2D eigenvalue weighted by Crippen LogP contribution is 2.30. The molecule has 0 atom stereocenters. The Morgan fingerprint density at radius 1 is 1.24 bits per heavy atom. The van der Waals surface area contributed by atoms with Crippen molar-refractivity contribution >= 4 is 11.4 Å². The lowest BCUT2D eigenvalue weighted by molar-refractivity contribution is 0.269. The van der Waals surface area contributed by atoms with Gasteiger partial charge in [0.1, 0.15) is 0 Å². The molecule has 7 heteroatoms. The number of hydrogen-bond acceptors (Lipinski definition) is 7. The zero-order valence-corrected chi connectivity index (χ0v) is 12.0. The molecule has 2 aromatic rings. The van der Waals surface area contributed by atoms with Gasteiger partial charge in [-0.1, -0.05) is 5.10 Å². The number of ether oxygens (including phenoxy) is 1. The first-order valence-corrected chi connectivity index (χ1v) is 6.99. The normalized spacial score (nSPS) is 16.0. The second-order valence-corrected chi connectivity index (χ2v) is 5.06. The molecule has 0 spiro atoms. The predicted molar refractivity (Wildman–Crippen MR) is 79.3 cm³/mol. The fourth-order valence-corrected chi connectivity index (χ4v) is 2.62. The van der Waals surface area contributed by atoms with Crippen molar-refractivity contribution in [2.75, 3.05) is 30.5 Å². The number of piperidine rings is 1. The Balaban J connectivity index is 1.61. The summed E-state index contributed by atoms with van der Waals surface area (Å²) in [7, 11) is 1.53. The van der Waals surface area contributed by atoms with Crippen LogP contribution in [0.2, 0.25) is 0 Å². The van der Waals surface area contributed by atoms with Crippen LogP contribution in [0.15, 0.2) is 28.7 Å². The van der Waals surface area contributed by atoms with Crippen LogP contribution in [0.3, 0.4) is 0 Å². The second kappa shape index (κ2) is 6.01. The van der Waals surface area contributed by atoms with Gasteiger partial charge in [0.05, 0.1) is 7.11 Å². The Hall–Kier alpha value is -2.28. The van der Waals surface area contributed by atoms with Crippen molar-refractivity contribution in [2.45, 2.75) is 18.8 Å². The van der Waals surface area contributed by atoms with Crippen LogP contribution in [0.1, 0.15) is 24.7 Å². The van der Waals surface area contributed by atoms with Gasteiger partial charge >= 0.3 is 6.08 Å². The van der Waals surface area contributed by atoms with Gasteiger partial charge in [0.25, 0.3) is 0 Å². The van der Waals surface area contributed by atoms with Crippen molar-refractivity contribution in [1.29, 1.82) is 0 Å². The molecule has 0 saturated carbocycles. The molecule has 2 heterocycles. The van der Waals surface area contributed by atoms with Gasteiger partial charge in [-0.3, -0.25) is 5.84 Å². The SMILES string of the molecule is COc1nnc(C2CCN(c3ccc(NN)cc3)CC2)o1. The molecule has 1 aromatic heterocycles. The van der Waals surface area contributed by atoms with E-state index in [1.807, 2.05) is 12.1 Å². The average Bonchev–Trinajstić information content (AvgIpc) is 3.04. The number of benzene rings is 1. The van der Waals surface area contributed by atoms with Crippen molar-refractivity contribution in [1.82, 2.24) is 10.2 Å². The van der Waals surface area contributed by atoms with E-state index < -0.39 is 0 Å². The number of nitrogen functional groups attached to an aromatic ring is 1. The summed E-state index contributed by atoms with van der Waals surface area (Å²) in [6.45, 7) is 1.93. The highest BCUT2D eigenvalue weighted by Gasteiger charge is 2.25. The Morgan fingerprint density at radius 3 is 2.52 bits per heavy atom. The van der Waals surface area contributed by atoms with E-state index in [0.29, 0.717) is 11.8 Å². The number of anilines is 2. The summed E-state index contributed by atoms with van der Waals surface area (Å²) < 4.78 is 10.4. The van der Waals surface area contributed by atoms with E-state index in [-0.39, 0.29) is 6.08 Å². The number of nitrogens with zero attached hydrogens (tertiary/aromatic N) is 3. The maximum Gasteiger partial charge on any atom is 0.414 e. The van der Waals surface area contributed by atoms with Crippen LogP contribution >= 0.6 is 0 Å². The smallest absolute Gasteiger partial charge is 0.414 e. The van der Waals surface area contributed by atoms with E-state index in [1.54, 1.807) is 0 Å². The zero-order valence-electron chi connectivity index (χ0n) is 12.0. The lowest BCUT2D eigenvalue weighted by Gasteiger charge is -2.32. The number of nitrogens with two attached hydrogens (primary N) is 1. The molecule has 21 heavy (non-hydrogen) atoms. The number of hydrogen-bond donors (Lipinski definition) is 2. The molecule has 0 radical (unpaired) electrons. The molecule has 1 fully saturated rings. The molecule has 3 N–H and O–H groups in total. The van der Waals surface area contributed by atoms with Gasteiger partial charge in [-0.15, -0.1) is 5.10 Å². The van der Waals surface area contributed by atoms with Crippen molar-refractivity contribution in [3.05, 3.63) is 30.2 Å². The minimum absolute atomic E-state index is 0.234. The molecule has 1 aliphatic rings. The minimum atomic E-state index is 0.234. The topological polar surface area (TPSA) is 89.4 Å². The molecule has 1 aromatic carbocycles. The van der Waals surface area contributed by atoms with Crippen LogP contribution in [0.4, 0.5) is 11.4 Å². The maximum atomic E-state index is 5.46. The van der Waals surface area contributed by atoms with Crippen molar-refractivity contribution in [2.24, 2.45) is 5.84 Å². The quantitative estimate of drug-likeness (QED) is 0.654. The Labute approximate surface area is 123 Å². The zero-order chi connectivity index (χ0) is 14.7. The van der Waals surface area contributed by atoms with E-state index in [1.165, 1.54) is 12.8 Å². The fraction of sp³-hybridized carbons (Fsp3) is 0.429. The van der Waals surface area contributed by atoms with E-state index in [4.69, 9.17) is 15.0 Å². The highest BCUT2D eigenvalue weighted by atomic mass is 16.6. The first kappa shape index (κ1) is 13.7. The Bertz CT molecular complexity index is 575. The lowest BCUT2D eigenvalue weighted by atomic mass is 9.96. The predicted octanol–water partition coefficient (Wildman–Crippen LogP) is 1.75. The van der Waals surface area contributed by atoms with Gasteiger partial charge in [0, 0.05) is 30.4 Å². The van der Waals surface area contributed by atoms with Gasteiger partial charge in [0.15, 0.2) is 0 Å². The summed E-state index contributed by atoms with van der Waals surface area (Å²) >= 11 is 0. The average molecular weight is 289 g/mol. The van der Waals surface area contributed by atoms with Crippen LogP contribution in [0.25, 0.3) is 0 Å². The molecule has 7 nitrogen and oxygen atoms in total. The standard InChI is InChI=1S/C14H19N5O2/c1-20-14-18-17-13(21-14)10-6-8-19(9-7-10)12-4-2-11(16-15)3-5-12/h2-5,10,16H,6-9,15H2,1H3. The highest BCUT2D eigenvalue weighted by molar-refractivity contribution is 5.54. The fourth-order valence-electron chi connectivity index (χ4n) is 2.62. The van der Waals surface area contributed by atoms with Crippen LogP contribution in [-0.4, -0.2) is 30.4 Å². The lowest BCUT2D eigenvalue weighted by Crippen LogP contribution is -2.32. The van der Waals surface area contributed by atoms with Crippen molar-refractivity contribution < 1.29 is 9.15 Å². The number of aromatic nitrogens is 2. The van der Waals surface area contributed by atoms with E-state index >= 15 is 0 Å². The molecule has 0 unspecified atom stereocenters. The molecule has 0 bridgehead atoms. The third-order valence-corrected chi connectivity index (χ3v) is 3.84. The third-order valence-electron chi connectivity index (χ3n) is 3.84. The molecular formula is C14H19N5O2. The van der Waals surface area contributed by atoms with Crippen molar-refractivity contribution in [3.8, 4) is 6.08 Å². The summed E-state index contributed by atoms with van der Waals surface area (Å²) in [5, 5.41) is 7.88. The molecule has 3 rings (SSSR count). The first-order chi connectivity index (χ1) is 10.3. The monoisotopic (exact) mass is 289 g/mol. The number of methoxy groups -OCH3 is 1. The molecule has 112 valence electrons. The Kier molecular flexibility index (Phi) is 3.92. The van der Waals surface area contributed by atoms with Gasteiger partial charge in [-0.05, 0) is 37.1 Å². The van der Waals surface area contributed by atoms with Gasteiger partial charge < -0.3 is 19.5 Å². The summed E-state index contributed by atoms with van der Waals surface area (Å²) in [6.07, 6.45) is 2.21. The summed E-state index contributed by atoms with van der Waals surface area (Å²) in [5.74, 6) is 6.36. The first-order valence-electron chi connectivity index (χ1n) is 6.99. The molecule has 1 saturated heterocycles. The van der Waals surface area contributed by atoms with Gasteiger partial charge in [-0.25, -0.2) is 0 Å². The molecular weight excluding hydrogens is 270 g/mol. The van der Waals surface area contributed by atoms with Gasteiger partial charge in [-0.2, -0.15) is 0 Å². The third kappa shape index (κ3) is 2.92. The molecule has 1 aliphatic heterocycles. The van der Waals surface area contributed by atoms with Crippen molar-refractivity contribution in [3.63, 3.8) is 0 Å². The van der Waals surface area contributed by atoms with Gasteiger partial charge in [0.2, 0.25) is 5.89 Å². The second-order valence-electron chi connectivity index (χ2n) is 5.06. The number of hydrazine groups is 1. The van der Waals surface area contributed by atoms with Crippen LogP contribution < -0.4 is 20.9 Å². The Morgan fingerprint density at radius 2 is 1.95 bits per heavy atom. The molecule has 0 aliphatic carbocycles. The van der Waals surface area contributed by atoms with Crippen LogP contribution in [-0.2, 0) is 0 Å². The number of rotatable bonds is 4.